The Morgan fingerprint density at radius 3 is 2.94 bits per heavy atom. The van der Waals surface area contributed by atoms with Crippen LogP contribution in [0.3, 0.4) is 0 Å². The van der Waals surface area contributed by atoms with Crippen LogP contribution in [-0.2, 0) is 0 Å². The van der Waals surface area contributed by atoms with Gasteiger partial charge in [-0.15, -0.1) is 0 Å². The summed E-state index contributed by atoms with van der Waals surface area (Å²) in [7, 11) is 0. The van der Waals surface area contributed by atoms with Crippen LogP contribution < -0.4 is 4.90 Å². The lowest BCUT2D eigenvalue weighted by Crippen LogP contribution is -2.32. The topological polar surface area (TPSA) is 57.2 Å². The van der Waals surface area contributed by atoms with E-state index in [1.807, 2.05) is 23.7 Å². The van der Waals surface area contributed by atoms with Gasteiger partial charge in [0.15, 0.2) is 5.82 Å². The fourth-order valence-electron chi connectivity index (χ4n) is 2.03. The third kappa shape index (κ3) is 2.28. The van der Waals surface area contributed by atoms with Gasteiger partial charge in [-0.2, -0.15) is 10.4 Å². The van der Waals surface area contributed by atoms with Crippen molar-refractivity contribution in [1.29, 1.82) is 5.26 Å². The van der Waals surface area contributed by atoms with Crippen LogP contribution in [0.15, 0.2) is 18.5 Å². The van der Waals surface area contributed by atoms with E-state index >= 15 is 0 Å². The van der Waals surface area contributed by atoms with Gasteiger partial charge in [-0.1, -0.05) is 0 Å². The SMILES string of the molecule is Cc1cc2c(N(CCC#N)C(C)C)nccn2n1. The summed E-state index contributed by atoms with van der Waals surface area (Å²) in [5.41, 5.74) is 1.95. The molecule has 2 aromatic rings. The fraction of sp³-hybridized carbons (Fsp3) is 0.462. The molecule has 0 aliphatic rings. The van der Waals surface area contributed by atoms with E-state index in [4.69, 9.17) is 5.26 Å². The number of nitriles is 1. The second kappa shape index (κ2) is 5.05. The van der Waals surface area contributed by atoms with Crippen molar-refractivity contribution in [3.05, 3.63) is 24.2 Å². The van der Waals surface area contributed by atoms with Gasteiger partial charge in [0.25, 0.3) is 0 Å². The molecule has 0 amide bonds. The quantitative estimate of drug-likeness (QED) is 0.825. The van der Waals surface area contributed by atoms with Gasteiger partial charge in [0.2, 0.25) is 0 Å². The number of fused-ring (bicyclic) bond motifs is 1. The molecule has 0 radical (unpaired) electrons. The van der Waals surface area contributed by atoms with Crippen LogP contribution in [0.2, 0.25) is 0 Å². The summed E-state index contributed by atoms with van der Waals surface area (Å²) in [6.07, 6.45) is 4.08. The van der Waals surface area contributed by atoms with Crippen LogP contribution in [0.4, 0.5) is 5.82 Å². The molecule has 0 bridgehead atoms. The molecule has 0 aromatic carbocycles. The Bertz CT molecular complexity index is 579. The zero-order chi connectivity index (χ0) is 13.1. The van der Waals surface area contributed by atoms with Crippen LogP contribution in [0.25, 0.3) is 5.52 Å². The average Bonchev–Trinajstić information content (AvgIpc) is 2.70. The summed E-state index contributed by atoms with van der Waals surface area (Å²) >= 11 is 0. The number of hydrogen-bond donors (Lipinski definition) is 0. The normalized spacial score (nSPS) is 10.8. The van der Waals surface area contributed by atoms with Crippen LogP contribution >= 0.6 is 0 Å². The highest BCUT2D eigenvalue weighted by Crippen LogP contribution is 2.21. The predicted octanol–water partition coefficient (Wildman–Crippen LogP) is 2.17. The molecular formula is C13H17N5. The lowest BCUT2D eigenvalue weighted by molar-refractivity contribution is 0.676. The van der Waals surface area contributed by atoms with Gasteiger partial charge in [0.05, 0.1) is 18.2 Å². The first kappa shape index (κ1) is 12.4. The van der Waals surface area contributed by atoms with E-state index in [9.17, 15) is 0 Å². The summed E-state index contributed by atoms with van der Waals surface area (Å²) < 4.78 is 1.83. The maximum atomic E-state index is 8.75. The van der Waals surface area contributed by atoms with Crippen molar-refractivity contribution in [2.24, 2.45) is 0 Å². The molecule has 0 atom stereocenters. The summed E-state index contributed by atoms with van der Waals surface area (Å²) in [5.74, 6) is 0.892. The van der Waals surface area contributed by atoms with Crippen LogP contribution in [0, 0.1) is 18.3 Å². The van der Waals surface area contributed by atoms with Crippen LogP contribution in [0.5, 0.6) is 0 Å². The van der Waals surface area contributed by atoms with Crippen LogP contribution in [0.1, 0.15) is 26.0 Å². The van der Waals surface area contributed by atoms with Gasteiger partial charge < -0.3 is 4.90 Å². The number of aromatic nitrogens is 3. The highest BCUT2D eigenvalue weighted by atomic mass is 15.3. The molecule has 0 saturated carbocycles. The minimum Gasteiger partial charge on any atom is -0.351 e. The molecule has 0 aliphatic heterocycles. The third-order valence-electron chi connectivity index (χ3n) is 2.85. The largest absolute Gasteiger partial charge is 0.351 e. The molecule has 2 rings (SSSR count). The maximum absolute atomic E-state index is 8.75. The molecule has 0 aliphatic carbocycles. The number of anilines is 1. The Labute approximate surface area is 107 Å². The molecule has 2 aromatic heterocycles. The summed E-state index contributed by atoms with van der Waals surface area (Å²) in [5, 5.41) is 13.1. The van der Waals surface area contributed by atoms with Gasteiger partial charge in [0.1, 0.15) is 5.52 Å². The third-order valence-corrected chi connectivity index (χ3v) is 2.85. The molecule has 2 heterocycles. The predicted molar refractivity (Wildman–Crippen MR) is 70.4 cm³/mol. The van der Waals surface area contributed by atoms with Crippen molar-refractivity contribution in [3.63, 3.8) is 0 Å². The first-order chi connectivity index (χ1) is 8.63. The van der Waals surface area contributed by atoms with E-state index in [0.717, 1.165) is 17.0 Å². The molecule has 0 spiro atoms. The van der Waals surface area contributed by atoms with E-state index < -0.39 is 0 Å². The summed E-state index contributed by atoms with van der Waals surface area (Å²) in [4.78, 5) is 6.59. The van der Waals surface area contributed by atoms with Crippen molar-refractivity contribution >= 4 is 11.3 Å². The van der Waals surface area contributed by atoms with Crippen molar-refractivity contribution in [1.82, 2.24) is 14.6 Å². The molecular weight excluding hydrogens is 226 g/mol. The zero-order valence-electron chi connectivity index (χ0n) is 11.0. The highest BCUT2D eigenvalue weighted by Gasteiger charge is 2.15. The minimum absolute atomic E-state index is 0.298. The van der Waals surface area contributed by atoms with E-state index in [1.165, 1.54) is 0 Å². The number of aryl methyl sites for hydroxylation is 1. The maximum Gasteiger partial charge on any atom is 0.154 e. The van der Waals surface area contributed by atoms with E-state index in [1.54, 1.807) is 6.20 Å². The zero-order valence-corrected chi connectivity index (χ0v) is 11.0. The fourth-order valence-corrected chi connectivity index (χ4v) is 2.03. The van der Waals surface area contributed by atoms with Crippen molar-refractivity contribution in [2.75, 3.05) is 11.4 Å². The first-order valence-electron chi connectivity index (χ1n) is 6.08. The molecule has 5 nitrogen and oxygen atoms in total. The molecule has 5 heteroatoms. The molecule has 0 saturated heterocycles. The van der Waals surface area contributed by atoms with Gasteiger partial charge in [-0.05, 0) is 26.8 Å². The Morgan fingerprint density at radius 2 is 2.28 bits per heavy atom. The Hall–Kier alpha value is -2.09. The highest BCUT2D eigenvalue weighted by molar-refractivity contribution is 5.69. The van der Waals surface area contributed by atoms with E-state index in [0.29, 0.717) is 19.0 Å². The lowest BCUT2D eigenvalue weighted by Gasteiger charge is -2.27. The lowest BCUT2D eigenvalue weighted by atomic mass is 10.2. The second-order valence-electron chi connectivity index (χ2n) is 4.56. The summed E-state index contributed by atoms with van der Waals surface area (Å²) in [6.45, 7) is 6.86. The van der Waals surface area contributed by atoms with Gasteiger partial charge in [-0.25, -0.2) is 9.50 Å². The molecule has 0 N–H and O–H groups in total. The van der Waals surface area contributed by atoms with E-state index in [2.05, 4.69) is 34.9 Å². The number of hydrogen-bond acceptors (Lipinski definition) is 4. The monoisotopic (exact) mass is 243 g/mol. The van der Waals surface area contributed by atoms with Crippen molar-refractivity contribution < 1.29 is 0 Å². The first-order valence-corrected chi connectivity index (χ1v) is 6.08. The van der Waals surface area contributed by atoms with Crippen LogP contribution in [-0.4, -0.2) is 27.2 Å². The smallest absolute Gasteiger partial charge is 0.154 e. The second-order valence-corrected chi connectivity index (χ2v) is 4.56. The number of nitrogens with zero attached hydrogens (tertiary/aromatic N) is 5. The van der Waals surface area contributed by atoms with Gasteiger partial charge in [0, 0.05) is 25.0 Å². The van der Waals surface area contributed by atoms with Gasteiger partial charge >= 0.3 is 0 Å². The molecule has 94 valence electrons. The van der Waals surface area contributed by atoms with E-state index in [-0.39, 0.29) is 0 Å². The minimum atomic E-state index is 0.298. The summed E-state index contributed by atoms with van der Waals surface area (Å²) in [6, 6.07) is 4.50. The molecule has 18 heavy (non-hydrogen) atoms. The average molecular weight is 243 g/mol. The number of rotatable bonds is 4. The molecule has 0 unspecified atom stereocenters. The molecule has 0 fully saturated rings. The van der Waals surface area contributed by atoms with Gasteiger partial charge in [-0.3, -0.25) is 0 Å². The Kier molecular flexibility index (Phi) is 3.47. The Morgan fingerprint density at radius 1 is 1.50 bits per heavy atom. The van der Waals surface area contributed by atoms with Crippen molar-refractivity contribution in [3.8, 4) is 6.07 Å². The Balaban J connectivity index is 2.46. The standard InChI is InChI=1S/C13H17N5/c1-10(2)17(7-4-5-14)13-12-9-11(3)16-18(12)8-6-15-13/h6,8-10H,4,7H2,1-3H3. The van der Waals surface area contributed by atoms with Crippen molar-refractivity contribution in [2.45, 2.75) is 33.2 Å².